The maximum atomic E-state index is 13.0. The van der Waals surface area contributed by atoms with E-state index in [1.54, 1.807) is 0 Å². The fraction of sp³-hybridized carbons (Fsp3) is 0.591. The van der Waals surface area contributed by atoms with Gasteiger partial charge in [-0.05, 0) is 31.4 Å². The van der Waals surface area contributed by atoms with Crippen LogP contribution in [0.1, 0.15) is 48.9 Å². The third kappa shape index (κ3) is 3.51. The molecule has 0 spiro atoms. The number of carbonyl (C=O) groups excluding carboxylic acids is 2. The van der Waals surface area contributed by atoms with Gasteiger partial charge in [0, 0.05) is 43.8 Å². The topological polar surface area (TPSA) is 76.4 Å². The number of benzene rings is 1. The van der Waals surface area contributed by atoms with Gasteiger partial charge in [0.05, 0.1) is 6.07 Å². The third-order valence-electron chi connectivity index (χ3n) is 6.70. The molecule has 6 heteroatoms. The van der Waals surface area contributed by atoms with Crippen LogP contribution in [0.25, 0.3) is 0 Å². The van der Waals surface area contributed by atoms with E-state index in [1.165, 1.54) is 0 Å². The lowest BCUT2D eigenvalue weighted by atomic mass is 9.74. The summed E-state index contributed by atoms with van der Waals surface area (Å²) in [5.41, 5.74) is -0.142. The summed E-state index contributed by atoms with van der Waals surface area (Å²) >= 11 is 0. The first kappa shape index (κ1) is 18.9. The average Bonchev–Trinajstić information content (AvgIpc) is 3.17. The summed E-state index contributed by atoms with van der Waals surface area (Å²) in [5.74, 6) is -0.0544. The van der Waals surface area contributed by atoms with Gasteiger partial charge in [-0.2, -0.15) is 5.26 Å². The number of rotatable bonds is 4. The Kier molecular flexibility index (Phi) is 5.36. The largest absolute Gasteiger partial charge is 0.353 e. The summed E-state index contributed by atoms with van der Waals surface area (Å²) in [5, 5.41) is 12.7. The van der Waals surface area contributed by atoms with Gasteiger partial charge in [0.25, 0.3) is 5.91 Å². The quantitative estimate of drug-likeness (QED) is 0.869. The first-order valence-corrected chi connectivity index (χ1v) is 10.4. The molecule has 0 aromatic heterocycles. The van der Waals surface area contributed by atoms with Crippen LogP contribution in [0, 0.1) is 16.7 Å². The van der Waals surface area contributed by atoms with Crippen molar-refractivity contribution in [3.8, 4) is 6.07 Å². The fourth-order valence-corrected chi connectivity index (χ4v) is 4.96. The minimum absolute atomic E-state index is 0.0734. The van der Waals surface area contributed by atoms with Gasteiger partial charge in [0.15, 0.2) is 0 Å². The van der Waals surface area contributed by atoms with Gasteiger partial charge in [0.2, 0.25) is 5.91 Å². The molecule has 1 unspecified atom stereocenters. The minimum Gasteiger partial charge on any atom is -0.353 e. The molecule has 3 aliphatic rings. The van der Waals surface area contributed by atoms with Crippen molar-refractivity contribution in [2.45, 2.75) is 50.6 Å². The lowest BCUT2D eigenvalue weighted by Gasteiger charge is -2.40. The Morgan fingerprint density at radius 3 is 2.61 bits per heavy atom. The first-order chi connectivity index (χ1) is 13.6. The second-order valence-corrected chi connectivity index (χ2v) is 8.38. The van der Waals surface area contributed by atoms with Crippen molar-refractivity contribution in [3.63, 3.8) is 0 Å². The molecular formula is C22H28N4O2. The van der Waals surface area contributed by atoms with Gasteiger partial charge in [-0.1, -0.05) is 37.5 Å². The lowest BCUT2D eigenvalue weighted by Crippen LogP contribution is -2.58. The molecule has 2 saturated heterocycles. The molecule has 148 valence electrons. The SMILES string of the molecule is N#CC1(C(=O)NC[C@H]2CN(C(=O)c3ccccc3)[C@H]3CCN2C3)CCCCC1. The van der Waals surface area contributed by atoms with Crippen molar-refractivity contribution >= 4 is 11.8 Å². The zero-order chi connectivity index (χ0) is 19.6. The molecule has 28 heavy (non-hydrogen) atoms. The van der Waals surface area contributed by atoms with E-state index in [1.807, 2.05) is 35.2 Å². The van der Waals surface area contributed by atoms with Crippen molar-refractivity contribution in [3.05, 3.63) is 35.9 Å². The van der Waals surface area contributed by atoms with Crippen LogP contribution in [0.5, 0.6) is 0 Å². The predicted octanol–water partition coefficient (Wildman–Crippen LogP) is 2.18. The molecular weight excluding hydrogens is 352 g/mol. The Morgan fingerprint density at radius 2 is 1.89 bits per heavy atom. The maximum absolute atomic E-state index is 13.0. The molecule has 1 N–H and O–H groups in total. The van der Waals surface area contributed by atoms with Gasteiger partial charge in [0.1, 0.15) is 5.41 Å². The molecule has 3 atom stereocenters. The van der Waals surface area contributed by atoms with Gasteiger partial charge < -0.3 is 10.2 Å². The van der Waals surface area contributed by atoms with Crippen LogP contribution in [0.4, 0.5) is 0 Å². The van der Waals surface area contributed by atoms with Crippen molar-refractivity contribution in [1.29, 1.82) is 5.26 Å². The number of piperazine rings is 1. The summed E-state index contributed by atoms with van der Waals surface area (Å²) in [4.78, 5) is 30.2. The number of carbonyl (C=O) groups is 2. The number of hydrogen-bond donors (Lipinski definition) is 1. The highest BCUT2D eigenvalue weighted by molar-refractivity contribution is 5.94. The predicted molar refractivity (Wildman–Crippen MR) is 105 cm³/mol. The van der Waals surface area contributed by atoms with Crippen molar-refractivity contribution in [2.75, 3.05) is 26.2 Å². The Hall–Kier alpha value is -2.39. The van der Waals surface area contributed by atoms with Crippen LogP contribution in [0.15, 0.2) is 30.3 Å². The normalized spacial score (nSPS) is 28.4. The summed E-state index contributed by atoms with van der Waals surface area (Å²) in [7, 11) is 0. The zero-order valence-electron chi connectivity index (χ0n) is 16.3. The smallest absolute Gasteiger partial charge is 0.254 e. The van der Waals surface area contributed by atoms with E-state index < -0.39 is 5.41 Å². The van der Waals surface area contributed by atoms with Crippen LogP contribution >= 0.6 is 0 Å². The Balaban J connectivity index is 1.41. The Morgan fingerprint density at radius 1 is 1.14 bits per heavy atom. The van der Waals surface area contributed by atoms with E-state index in [9.17, 15) is 14.9 Å². The standard InChI is InChI=1S/C22H28N4O2/c23-16-22(10-5-2-6-11-22)21(28)24-13-19-15-26(18-9-12-25(19)14-18)20(27)17-7-3-1-4-8-17/h1,3-4,7-8,18-19H,2,5-6,9-15H2,(H,24,28)/t18-,19-/m0/s1. The summed E-state index contributed by atoms with van der Waals surface area (Å²) in [6.45, 7) is 2.93. The van der Waals surface area contributed by atoms with E-state index in [0.29, 0.717) is 25.9 Å². The number of nitriles is 1. The number of amides is 2. The number of nitrogens with zero attached hydrogens (tertiary/aromatic N) is 3. The summed E-state index contributed by atoms with van der Waals surface area (Å²) in [6, 6.07) is 12.1. The van der Waals surface area contributed by atoms with Crippen LogP contribution in [-0.4, -0.2) is 59.9 Å². The number of hydrogen-bond acceptors (Lipinski definition) is 4. The number of fused-ring (bicyclic) bond motifs is 2. The molecule has 1 aromatic rings. The van der Waals surface area contributed by atoms with E-state index in [4.69, 9.17) is 0 Å². The molecule has 1 saturated carbocycles. The lowest BCUT2D eigenvalue weighted by molar-refractivity contribution is -0.129. The van der Waals surface area contributed by atoms with Crippen LogP contribution in [-0.2, 0) is 4.79 Å². The molecule has 2 bridgehead atoms. The molecule has 1 aromatic carbocycles. The Bertz CT molecular complexity index is 766. The molecule has 0 radical (unpaired) electrons. The molecule has 1 aliphatic carbocycles. The van der Waals surface area contributed by atoms with Crippen LogP contribution < -0.4 is 5.32 Å². The number of nitrogens with one attached hydrogen (secondary N) is 1. The molecule has 4 rings (SSSR count). The summed E-state index contributed by atoms with van der Waals surface area (Å²) < 4.78 is 0. The Labute approximate surface area is 166 Å². The van der Waals surface area contributed by atoms with Crippen molar-refractivity contribution in [2.24, 2.45) is 5.41 Å². The maximum Gasteiger partial charge on any atom is 0.254 e. The first-order valence-electron chi connectivity index (χ1n) is 10.4. The zero-order valence-corrected chi connectivity index (χ0v) is 16.3. The van der Waals surface area contributed by atoms with E-state index in [0.717, 1.165) is 44.3 Å². The second-order valence-electron chi connectivity index (χ2n) is 8.38. The van der Waals surface area contributed by atoms with Crippen molar-refractivity contribution < 1.29 is 9.59 Å². The van der Waals surface area contributed by atoms with Gasteiger partial charge in [-0.15, -0.1) is 0 Å². The highest BCUT2D eigenvalue weighted by Crippen LogP contribution is 2.36. The van der Waals surface area contributed by atoms with Gasteiger partial charge in [-0.25, -0.2) is 0 Å². The second kappa shape index (κ2) is 7.92. The van der Waals surface area contributed by atoms with E-state index >= 15 is 0 Å². The summed E-state index contributed by atoms with van der Waals surface area (Å²) in [6.07, 6.45) is 5.28. The molecule has 2 amide bonds. The highest BCUT2D eigenvalue weighted by atomic mass is 16.2. The molecule has 2 aliphatic heterocycles. The average molecular weight is 380 g/mol. The van der Waals surface area contributed by atoms with Gasteiger partial charge in [-0.3, -0.25) is 14.5 Å². The van der Waals surface area contributed by atoms with Crippen molar-refractivity contribution in [1.82, 2.24) is 15.1 Å². The third-order valence-corrected chi connectivity index (χ3v) is 6.70. The fourth-order valence-electron chi connectivity index (χ4n) is 4.96. The molecule has 2 heterocycles. The highest BCUT2D eigenvalue weighted by Gasteiger charge is 2.43. The molecule has 6 nitrogen and oxygen atoms in total. The minimum atomic E-state index is -0.861. The monoisotopic (exact) mass is 380 g/mol. The van der Waals surface area contributed by atoms with E-state index in [-0.39, 0.29) is 23.9 Å². The molecule has 3 fully saturated rings. The van der Waals surface area contributed by atoms with E-state index in [2.05, 4.69) is 16.3 Å². The van der Waals surface area contributed by atoms with Crippen LogP contribution in [0.3, 0.4) is 0 Å². The van der Waals surface area contributed by atoms with Crippen LogP contribution in [0.2, 0.25) is 0 Å². The van der Waals surface area contributed by atoms with Gasteiger partial charge >= 0.3 is 0 Å².